The highest BCUT2D eigenvalue weighted by Gasteiger charge is 2.20. The molecule has 0 atom stereocenters. The van der Waals surface area contributed by atoms with Crippen LogP contribution in [0.25, 0.3) is 0 Å². The van der Waals surface area contributed by atoms with Crippen LogP contribution in [0.2, 0.25) is 0 Å². The smallest absolute Gasteiger partial charge is 0.221 e. The number of nitrogens with one attached hydrogen (secondary N) is 2. The van der Waals surface area contributed by atoms with E-state index in [4.69, 9.17) is 9.72 Å². The molecule has 0 spiro atoms. The Kier molecular flexibility index (Phi) is 5.35. The van der Waals surface area contributed by atoms with Crippen molar-refractivity contribution in [2.24, 2.45) is 0 Å². The highest BCUT2D eigenvalue weighted by Crippen LogP contribution is 2.35. The minimum absolute atomic E-state index is 0.0969. The van der Waals surface area contributed by atoms with Gasteiger partial charge in [0.25, 0.3) is 0 Å². The second-order valence-electron chi connectivity index (χ2n) is 6.10. The van der Waals surface area contributed by atoms with Crippen molar-refractivity contribution in [2.45, 2.75) is 45.1 Å². The molecular formula is C18H23N3O2S. The summed E-state index contributed by atoms with van der Waals surface area (Å²) >= 11 is 1.76. The second kappa shape index (κ2) is 7.66. The molecule has 1 amide bonds. The van der Waals surface area contributed by atoms with Crippen LogP contribution in [0, 0.1) is 0 Å². The quantitative estimate of drug-likeness (QED) is 0.815. The Morgan fingerprint density at radius 1 is 1.33 bits per heavy atom. The predicted octanol–water partition coefficient (Wildman–Crippen LogP) is 4.38. The molecule has 2 N–H and O–H groups in total. The molecule has 1 aromatic heterocycles. The lowest BCUT2D eigenvalue weighted by molar-refractivity contribution is -0.114. The van der Waals surface area contributed by atoms with E-state index in [-0.39, 0.29) is 5.91 Å². The van der Waals surface area contributed by atoms with Crippen molar-refractivity contribution in [3.8, 4) is 5.75 Å². The lowest BCUT2D eigenvalue weighted by Crippen LogP contribution is -2.10. The van der Waals surface area contributed by atoms with Crippen LogP contribution in [0.1, 0.15) is 49.2 Å². The van der Waals surface area contributed by atoms with Crippen molar-refractivity contribution in [3.63, 3.8) is 0 Å². The Bertz CT molecular complexity index is 708. The van der Waals surface area contributed by atoms with Gasteiger partial charge < -0.3 is 15.4 Å². The Balaban J connectivity index is 1.69. The van der Waals surface area contributed by atoms with Crippen LogP contribution in [0.3, 0.4) is 0 Å². The van der Waals surface area contributed by atoms with Crippen LogP contribution in [0.4, 0.5) is 11.4 Å². The molecule has 1 aliphatic carbocycles. The number of ether oxygens (including phenoxy) is 1. The molecule has 0 unspecified atom stereocenters. The zero-order valence-corrected chi connectivity index (χ0v) is 14.9. The molecule has 0 saturated heterocycles. The first-order valence-corrected chi connectivity index (χ1v) is 9.17. The summed E-state index contributed by atoms with van der Waals surface area (Å²) in [6, 6.07) is 5.56. The summed E-state index contributed by atoms with van der Waals surface area (Å²) in [5.41, 5.74) is 2.62. The first-order valence-electron chi connectivity index (χ1n) is 8.29. The first kappa shape index (κ1) is 16.8. The summed E-state index contributed by atoms with van der Waals surface area (Å²) < 4.78 is 5.27. The van der Waals surface area contributed by atoms with E-state index in [1.165, 1.54) is 37.6 Å². The van der Waals surface area contributed by atoms with E-state index < -0.39 is 0 Å². The Hall–Kier alpha value is -2.08. The van der Waals surface area contributed by atoms with Gasteiger partial charge in [0.05, 0.1) is 35.7 Å². The molecule has 1 aromatic carbocycles. The van der Waals surface area contributed by atoms with Gasteiger partial charge in [-0.1, -0.05) is 12.8 Å². The largest absolute Gasteiger partial charge is 0.497 e. The fourth-order valence-corrected chi connectivity index (χ4v) is 4.04. The van der Waals surface area contributed by atoms with Gasteiger partial charge in [0.1, 0.15) is 5.75 Å². The second-order valence-corrected chi connectivity index (χ2v) is 6.99. The highest BCUT2D eigenvalue weighted by molar-refractivity contribution is 7.09. The van der Waals surface area contributed by atoms with Gasteiger partial charge in [-0.2, -0.15) is 0 Å². The van der Waals surface area contributed by atoms with Crippen molar-refractivity contribution >= 4 is 28.6 Å². The number of methoxy groups -OCH3 is 1. The van der Waals surface area contributed by atoms with Gasteiger partial charge in [-0.05, 0) is 25.0 Å². The Labute approximate surface area is 146 Å². The number of benzene rings is 1. The van der Waals surface area contributed by atoms with E-state index in [0.717, 1.165) is 22.8 Å². The maximum absolute atomic E-state index is 11.4. The van der Waals surface area contributed by atoms with Gasteiger partial charge in [-0.25, -0.2) is 4.98 Å². The fourth-order valence-electron chi connectivity index (χ4n) is 3.05. The van der Waals surface area contributed by atoms with Gasteiger partial charge >= 0.3 is 0 Å². The number of thiazole rings is 1. The van der Waals surface area contributed by atoms with Gasteiger partial charge in [0, 0.05) is 24.3 Å². The topological polar surface area (TPSA) is 63.2 Å². The first-order chi connectivity index (χ1) is 11.7. The summed E-state index contributed by atoms with van der Waals surface area (Å²) in [5, 5.41) is 9.58. The van der Waals surface area contributed by atoms with Crippen LogP contribution in [0.5, 0.6) is 5.75 Å². The van der Waals surface area contributed by atoms with Crippen molar-refractivity contribution in [2.75, 3.05) is 17.7 Å². The molecule has 0 radical (unpaired) electrons. The minimum atomic E-state index is -0.0969. The fraction of sp³-hybridized carbons (Fsp3) is 0.444. The van der Waals surface area contributed by atoms with Crippen molar-refractivity contribution in [3.05, 3.63) is 34.3 Å². The number of anilines is 2. The molecule has 1 aliphatic rings. The zero-order chi connectivity index (χ0) is 16.9. The maximum atomic E-state index is 11.4. The van der Waals surface area contributed by atoms with Crippen LogP contribution in [-0.2, 0) is 11.3 Å². The average Bonchev–Trinajstić information content (AvgIpc) is 3.24. The average molecular weight is 345 g/mol. The number of carbonyl (C=O) groups excluding carboxylic acids is 1. The van der Waals surface area contributed by atoms with E-state index in [2.05, 4.69) is 16.0 Å². The van der Waals surface area contributed by atoms with E-state index in [1.54, 1.807) is 18.4 Å². The molecule has 0 bridgehead atoms. The number of rotatable bonds is 6. The van der Waals surface area contributed by atoms with E-state index in [1.807, 2.05) is 18.2 Å². The van der Waals surface area contributed by atoms with E-state index in [9.17, 15) is 4.79 Å². The van der Waals surface area contributed by atoms with E-state index in [0.29, 0.717) is 12.5 Å². The van der Waals surface area contributed by atoms with Crippen molar-refractivity contribution in [1.82, 2.24) is 4.98 Å². The van der Waals surface area contributed by atoms with E-state index >= 15 is 0 Å². The van der Waals surface area contributed by atoms with Gasteiger partial charge in [0.15, 0.2) is 0 Å². The number of hydrogen-bond acceptors (Lipinski definition) is 5. The number of carbonyl (C=O) groups is 1. The molecule has 5 nitrogen and oxygen atoms in total. The molecule has 128 valence electrons. The van der Waals surface area contributed by atoms with Gasteiger partial charge in [0.2, 0.25) is 5.91 Å². The van der Waals surface area contributed by atoms with Crippen LogP contribution < -0.4 is 15.4 Å². The van der Waals surface area contributed by atoms with Crippen molar-refractivity contribution in [1.29, 1.82) is 0 Å². The molecule has 6 heteroatoms. The summed E-state index contributed by atoms with van der Waals surface area (Å²) in [6.45, 7) is 2.13. The molecule has 1 saturated carbocycles. The molecule has 1 heterocycles. The van der Waals surface area contributed by atoms with Gasteiger partial charge in [-0.15, -0.1) is 11.3 Å². The number of aromatic nitrogens is 1. The lowest BCUT2D eigenvalue weighted by atomic mass is 10.1. The summed E-state index contributed by atoms with van der Waals surface area (Å²) in [6.07, 6.45) is 5.18. The summed E-state index contributed by atoms with van der Waals surface area (Å²) in [7, 11) is 1.63. The molecule has 24 heavy (non-hydrogen) atoms. The summed E-state index contributed by atoms with van der Waals surface area (Å²) in [4.78, 5) is 16.1. The third kappa shape index (κ3) is 4.06. The number of hydrogen-bond donors (Lipinski definition) is 2. The van der Waals surface area contributed by atoms with Crippen LogP contribution in [0.15, 0.2) is 23.6 Å². The zero-order valence-electron chi connectivity index (χ0n) is 14.1. The van der Waals surface area contributed by atoms with Gasteiger partial charge in [-0.3, -0.25) is 4.79 Å². The van der Waals surface area contributed by atoms with Crippen LogP contribution >= 0.6 is 11.3 Å². The molecule has 3 rings (SSSR count). The monoisotopic (exact) mass is 345 g/mol. The third-order valence-electron chi connectivity index (χ3n) is 4.27. The van der Waals surface area contributed by atoms with Crippen molar-refractivity contribution < 1.29 is 9.53 Å². The molecule has 1 fully saturated rings. The minimum Gasteiger partial charge on any atom is -0.497 e. The Morgan fingerprint density at radius 2 is 2.12 bits per heavy atom. The maximum Gasteiger partial charge on any atom is 0.221 e. The van der Waals surface area contributed by atoms with Crippen LogP contribution in [-0.4, -0.2) is 18.0 Å². The lowest BCUT2D eigenvalue weighted by Gasteiger charge is -2.13. The highest BCUT2D eigenvalue weighted by atomic mass is 32.1. The molecule has 0 aliphatic heterocycles. The number of amides is 1. The SMILES string of the molecule is COc1ccc(NC(C)=O)c(NCc2csc(C3CCCC3)n2)c1. The standard InChI is InChI=1S/C18H23N3O2S/c1-12(22)20-16-8-7-15(23-2)9-17(16)19-10-14-11-24-18(21-14)13-5-3-4-6-13/h7-9,11,13,19H,3-6,10H2,1-2H3,(H,20,22). The third-order valence-corrected chi connectivity index (χ3v) is 5.33. The Morgan fingerprint density at radius 3 is 2.83 bits per heavy atom. The summed E-state index contributed by atoms with van der Waals surface area (Å²) in [5.74, 6) is 1.30. The normalized spacial score (nSPS) is 14.6. The number of nitrogens with zero attached hydrogens (tertiary/aromatic N) is 1. The molecule has 2 aromatic rings. The molecular weight excluding hydrogens is 322 g/mol. The predicted molar refractivity (Wildman–Crippen MR) is 97.9 cm³/mol.